The number of aryl methyl sites for hydroxylation is 1. The predicted molar refractivity (Wildman–Crippen MR) is 79.3 cm³/mol. The number of aromatic nitrogens is 1. The van der Waals surface area contributed by atoms with Gasteiger partial charge in [0.2, 0.25) is 0 Å². The van der Waals surface area contributed by atoms with Gasteiger partial charge < -0.3 is 10.1 Å². The third-order valence-electron chi connectivity index (χ3n) is 3.12. The summed E-state index contributed by atoms with van der Waals surface area (Å²) in [6, 6.07) is 6.61. The monoisotopic (exact) mass is 265 g/mol. The molecule has 1 rings (SSSR count). The standard InChI is InChI=1S/C15H27N3O/c1-5-18(10-9-16-14(3)12-19-4)11-15-8-6-7-13(2)17-15/h6-8,14,16H,5,9-12H2,1-4H3. The van der Waals surface area contributed by atoms with Gasteiger partial charge in [-0.05, 0) is 32.5 Å². The minimum Gasteiger partial charge on any atom is -0.383 e. The molecule has 0 aliphatic carbocycles. The van der Waals surface area contributed by atoms with Crippen LogP contribution in [0, 0.1) is 6.92 Å². The molecule has 0 fully saturated rings. The second kappa shape index (κ2) is 9.02. The van der Waals surface area contributed by atoms with Crippen LogP contribution in [0.3, 0.4) is 0 Å². The Labute approximate surface area is 117 Å². The average Bonchev–Trinajstić information content (AvgIpc) is 2.38. The van der Waals surface area contributed by atoms with Gasteiger partial charge in [0.15, 0.2) is 0 Å². The smallest absolute Gasteiger partial charge is 0.0613 e. The van der Waals surface area contributed by atoms with Crippen molar-refractivity contribution in [2.75, 3.05) is 33.4 Å². The summed E-state index contributed by atoms with van der Waals surface area (Å²) in [5, 5.41) is 3.46. The summed E-state index contributed by atoms with van der Waals surface area (Å²) >= 11 is 0. The number of likely N-dealkylation sites (N-methyl/N-ethyl adjacent to an activating group) is 1. The molecule has 1 N–H and O–H groups in total. The van der Waals surface area contributed by atoms with E-state index >= 15 is 0 Å². The lowest BCUT2D eigenvalue weighted by Crippen LogP contribution is -2.37. The van der Waals surface area contributed by atoms with E-state index in [1.165, 1.54) is 0 Å². The zero-order valence-corrected chi connectivity index (χ0v) is 12.6. The van der Waals surface area contributed by atoms with E-state index in [0.717, 1.165) is 44.2 Å². The number of hydrogen-bond acceptors (Lipinski definition) is 4. The van der Waals surface area contributed by atoms with E-state index in [2.05, 4.69) is 41.2 Å². The fraction of sp³-hybridized carbons (Fsp3) is 0.667. The lowest BCUT2D eigenvalue weighted by molar-refractivity contribution is 0.169. The summed E-state index contributed by atoms with van der Waals surface area (Å²) in [5.74, 6) is 0. The summed E-state index contributed by atoms with van der Waals surface area (Å²) in [5.41, 5.74) is 2.23. The van der Waals surface area contributed by atoms with Crippen molar-refractivity contribution in [1.29, 1.82) is 0 Å². The molecular weight excluding hydrogens is 238 g/mol. The molecule has 0 amide bonds. The van der Waals surface area contributed by atoms with Gasteiger partial charge >= 0.3 is 0 Å². The zero-order valence-electron chi connectivity index (χ0n) is 12.6. The molecule has 19 heavy (non-hydrogen) atoms. The fourth-order valence-corrected chi connectivity index (χ4v) is 2.04. The largest absolute Gasteiger partial charge is 0.383 e. The van der Waals surface area contributed by atoms with Crippen LogP contribution in [0.2, 0.25) is 0 Å². The van der Waals surface area contributed by atoms with Crippen molar-refractivity contribution < 1.29 is 4.74 Å². The third-order valence-corrected chi connectivity index (χ3v) is 3.12. The Kier molecular flexibility index (Phi) is 7.63. The van der Waals surface area contributed by atoms with Crippen LogP contribution in [0.5, 0.6) is 0 Å². The van der Waals surface area contributed by atoms with Crippen molar-refractivity contribution in [3.63, 3.8) is 0 Å². The van der Waals surface area contributed by atoms with Crippen molar-refractivity contribution >= 4 is 0 Å². The Morgan fingerprint density at radius 1 is 1.42 bits per heavy atom. The molecule has 0 aromatic carbocycles. The molecule has 1 aromatic rings. The van der Waals surface area contributed by atoms with Crippen LogP contribution in [0.25, 0.3) is 0 Å². The van der Waals surface area contributed by atoms with Crippen molar-refractivity contribution in [2.24, 2.45) is 0 Å². The Morgan fingerprint density at radius 3 is 2.84 bits per heavy atom. The molecule has 4 nitrogen and oxygen atoms in total. The molecule has 0 radical (unpaired) electrons. The van der Waals surface area contributed by atoms with Crippen molar-refractivity contribution in [1.82, 2.24) is 15.2 Å². The van der Waals surface area contributed by atoms with Gasteiger partial charge in [-0.15, -0.1) is 0 Å². The molecule has 1 aromatic heterocycles. The van der Waals surface area contributed by atoms with E-state index in [4.69, 9.17) is 4.74 Å². The molecule has 0 saturated carbocycles. The number of pyridine rings is 1. The van der Waals surface area contributed by atoms with E-state index in [0.29, 0.717) is 6.04 Å². The Hall–Kier alpha value is -0.970. The van der Waals surface area contributed by atoms with Gasteiger partial charge in [-0.3, -0.25) is 9.88 Å². The van der Waals surface area contributed by atoms with E-state index in [1.54, 1.807) is 7.11 Å². The molecular formula is C15H27N3O. The first kappa shape index (κ1) is 16.1. The number of ether oxygens (including phenoxy) is 1. The summed E-state index contributed by atoms with van der Waals surface area (Å²) in [6.45, 7) is 11.1. The van der Waals surface area contributed by atoms with E-state index in [1.807, 2.05) is 13.0 Å². The molecule has 1 heterocycles. The molecule has 108 valence electrons. The highest BCUT2D eigenvalue weighted by Gasteiger charge is 2.06. The highest BCUT2D eigenvalue weighted by atomic mass is 16.5. The first-order valence-corrected chi connectivity index (χ1v) is 7.03. The van der Waals surface area contributed by atoms with E-state index in [9.17, 15) is 0 Å². The van der Waals surface area contributed by atoms with Gasteiger partial charge in [0.25, 0.3) is 0 Å². The van der Waals surface area contributed by atoms with Gasteiger partial charge in [0.05, 0.1) is 12.3 Å². The number of nitrogens with one attached hydrogen (secondary N) is 1. The first-order valence-electron chi connectivity index (χ1n) is 7.03. The first-order chi connectivity index (χ1) is 9.15. The van der Waals surface area contributed by atoms with Crippen molar-refractivity contribution in [2.45, 2.75) is 33.4 Å². The Morgan fingerprint density at radius 2 is 2.21 bits per heavy atom. The van der Waals surface area contributed by atoms with Gasteiger partial charge in [0.1, 0.15) is 0 Å². The molecule has 0 aliphatic heterocycles. The molecule has 1 unspecified atom stereocenters. The molecule has 0 saturated heterocycles. The van der Waals surface area contributed by atoms with Gasteiger partial charge in [0, 0.05) is 38.5 Å². The highest BCUT2D eigenvalue weighted by molar-refractivity contribution is 5.09. The SMILES string of the molecule is CCN(CCNC(C)COC)Cc1cccc(C)n1. The fourth-order valence-electron chi connectivity index (χ4n) is 2.04. The maximum Gasteiger partial charge on any atom is 0.0613 e. The van der Waals surface area contributed by atoms with Gasteiger partial charge in [-0.2, -0.15) is 0 Å². The lowest BCUT2D eigenvalue weighted by atomic mass is 10.3. The minimum absolute atomic E-state index is 0.404. The topological polar surface area (TPSA) is 37.4 Å². The summed E-state index contributed by atoms with van der Waals surface area (Å²) in [6.07, 6.45) is 0. The average molecular weight is 265 g/mol. The Balaban J connectivity index is 2.33. The van der Waals surface area contributed by atoms with E-state index < -0.39 is 0 Å². The van der Waals surface area contributed by atoms with Crippen LogP contribution in [-0.4, -0.2) is 49.3 Å². The summed E-state index contributed by atoms with van der Waals surface area (Å²) in [4.78, 5) is 6.95. The van der Waals surface area contributed by atoms with Crippen LogP contribution >= 0.6 is 0 Å². The molecule has 0 aliphatic rings. The van der Waals surface area contributed by atoms with Crippen LogP contribution < -0.4 is 5.32 Å². The van der Waals surface area contributed by atoms with Crippen molar-refractivity contribution in [3.05, 3.63) is 29.6 Å². The summed E-state index contributed by atoms with van der Waals surface area (Å²) in [7, 11) is 1.74. The molecule has 0 spiro atoms. The molecule has 1 atom stereocenters. The third kappa shape index (κ3) is 6.66. The molecule has 0 bridgehead atoms. The normalized spacial score (nSPS) is 12.9. The second-order valence-electron chi connectivity index (χ2n) is 4.95. The molecule has 4 heteroatoms. The summed E-state index contributed by atoms with van der Waals surface area (Å²) < 4.78 is 5.11. The van der Waals surface area contributed by atoms with E-state index in [-0.39, 0.29) is 0 Å². The zero-order chi connectivity index (χ0) is 14.1. The maximum absolute atomic E-state index is 5.11. The Bertz CT molecular complexity index is 357. The van der Waals surface area contributed by atoms with Gasteiger partial charge in [-0.25, -0.2) is 0 Å². The van der Waals surface area contributed by atoms with Crippen LogP contribution in [-0.2, 0) is 11.3 Å². The van der Waals surface area contributed by atoms with Crippen LogP contribution in [0.4, 0.5) is 0 Å². The van der Waals surface area contributed by atoms with Crippen molar-refractivity contribution in [3.8, 4) is 0 Å². The highest BCUT2D eigenvalue weighted by Crippen LogP contribution is 2.02. The lowest BCUT2D eigenvalue weighted by Gasteiger charge is -2.21. The van der Waals surface area contributed by atoms with Crippen LogP contribution in [0.1, 0.15) is 25.2 Å². The number of nitrogens with zero attached hydrogens (tertiary/aromatic N) is 2. The number of methoxy groups -OCH3 is 1. The minimum atomic E-state index is 0.404. The quantitative estimate of drug-likeness (QED) is 0.739. The van der Waals surface area contributed by atoms with Crippen LogP contribution in [0.15, 0.2) is 18.2 Å². The number of rotatable bonds is 9. The number of hydrogen-bond donors (Lipinski definition) is 1. The predicted octanol–water partition coefficient (Wildman–Crippen LogP) is 1.84. The van der Waals surface area contributed by atoms with Gasteiger partial charge in [-0.1, -0.05) is 13.0 Å². The maximum atomic E-state index is 5.11. The second-order valence-corrected chi connectivity index (χ2v) is 4.95.